The monoisotopic (exact) mass is 311 g/mol. The van der Waals surface area contributed by atoms with Gasteiger partial charge in [0.1, 0.15) is 11.4 Å². The van der Waals surface area contributed by atoms with Crippen LogP contribution in [0, 0.1) is 0 Å². The van der Waals surface area contributed by atoms with E-state index < -0.39 is 30.1 Å². The summed E-state index contributed by atoms with van der Waals surface area (Å²) in [5.74, 6) is -0.259. The molecule has 1 heterocycles. The fourth-order valence-electron chi connectivity index (χ4n) is 1.63. The zero-order chi connectivity index (χ0) is 15.8. The molecule has 1 aromatic carbocycles. The molecule has 1 N–H and O–H groups in total. The van der Waals surface area contributed by atoms with Gasteiger partial charge in [0, 0.05) is 17.0 Å². The number of pyridine rings is 1. The van der Waals surface area contributed by atoms with Gasteiger partial charge in [0.15, 0.2) is 12.0 Å². The molecule has 0 bridgehead atoms. The second-order valence-electron chi connectivity index (χ2n) is 4.16. The van der Waals surface area contributed by atoms with Crippen LogP contribution in [0.3, 0.4) is 0 Å². The number of nitrogens with one attached hydrogen (secondary N) is 1. The number of H-pyrrole nitrogens is 1. The van der Waals surface area contributed by atoms with Crippen LogP contribution in [0.15, 0.2) is 29.1 Å². The molecule has 0 unspecified atom stereocenters. The summed E-state index contributed by atoms with van der Waals surface area (Å²) < 4.78 is 78.0. The van der Waals surface area contributed by atoms with Gasteiger partial charge >= 0.3 is 12.4 Å². The lowest BCUT2D eigenvalue weighted by Crippen LogP contribution is -2.19. The number of halogens is 6. The van der Waals surface area contributed by atoms with Crippen LogP contribution in [0.2, 0.25) is 0 Å². The molecule has 0 spiro atoms. The summed E-state index contributed by atoms with van der Waals surface area (Å²) >= 11 is 0. The molecule has 0 atom stereocenters. The van der Waals surface area contributed by atoms with Crippen molar-refractivity contribution in [1.82, 2.24) is 4.98 Å². The lowest BCUT2D eigenvalue weighted by atomic mass is 10.2. The van der Waals surface area contributed by atoms with E-state index >= 15 is 0 Å². The zero-order valence-corrected chi connectivity index (χ0v) is 10.1. The Morgan fingerprint density at radius 1 is 1.05 bits per heavy atom. The Morgan fingerprint density at radius 3 is 2.29 bits per heavy atom. The highest BCUT2D eigenvalue weighted by molar-refractivity contribution is 5.80. The van der Waals surface area contributed by atoms with Crippen LogP contribution in [0.1, 0.15) is 5.69 Å². The highest BCUT2D eigenvalue weighted by Crippen LogP contribution is 2.28. The Hall–Kier alpha value is -2.19. The highest BCUT2D eigenvalue weighted by atomic mass is 19.4. The maximum Gasteiger partial charge on any atom is 0.431 e. The number of fused-ring (bicyclic) bond motifs is 1. The predicted octanol–water partition coefficient (Wildman–Crippen LogP) is 3.49. The Balaban J connectivity index is 2.41. The predicted molar refractivity (Wildman–Crippen MR) is 61.1 cm³/mol. The van der Waals surface area contributed by atoms with Crippen molar-refractivity contribution in [2.45, 2.75) is 12.4 Å². The maximum atomic E-state index is 12.5. The number of aromatic amines is 1. The fourth-order valence-corrected chi connectivity index (χ4v) is 1.63. The number of hydrogen-bond acceptors (Lipinski definition) is 2. The highest BCUT2D eigenvalue weighted by Gasteiger charge is 2.32. The molecule has 0 fully saturated rings. The lowest BCUT2D eigenvalue weighted by Gasteiger charge is -2.11. The number of rotatable bonds is 2. The van der Waals surface area contributed by atoms with Gasteiger partial charge in [0.25, 0.3) is 0 Å². The molecule has 1 aromatic heterocycles. The van der Waals surface area contributed by atoms with Crippen LogP contribution in [0.25, 0.3) is 10.9 Å². The molecule has 21 heavy (non-hydrogen) atoms. The van der Waals surface area contributed by atoms with Crippen LogP contribution in [-0.4, -0.2) is 17.8 Å². The SMILES string of the molecule is O=c1cc(C(F)(F)F)[nH]c2ccc(OCC(F)(F)F)cc12. The van der Waals surface area contributed by atoms with Gasteiger partial charge in [-0.2, -0.15) is 26.3 Å². The molecule has 2 rings (SSSR count). The second kappa shape index (κ2) is 4.97. The van der Waals surface area contributed by atoms with Gasteiger partial charge in [0.2, 0.25) is 0 Å². The molecule has 0 radical (unpaired) electrons. The molecule has 9 heteroatoms. The minimum atomic E-state index is -4.72. The van der Waals surface area contributed by atoms with Gasteiger partial charge in [-0.05, 0) is 18.2 Å². The largest absolute Gasteiger partial charge is 0.484 e. The first kappa shape index (κ1) is 15.2. The fraction of sp³-hybridized carbons (Fsp3) is 0.250. The molecule has 0 aliphatic rings. The van der Waals surface area contributed by atoms with E-state index in [1.165, 1.54) is 0 Å². The van der Waals surface area contributed by atoms with E-state index in [-0.39, 0.29) is 16.7 Å². The lowest BCUT2D eigenvalue weighted by molar-refractivity contribution is -0.153. The van der Waals surface area contributed by atoms with Gasteiger partial charge < -0.3 is 9.72 Å². The Labute approximate surface area is 113 Å². The van der Waals surface area contributed by atoms with E-state index in [9.17, 15) is 31.1 Å². The number of benzene rings is 1. The number of ether oxygens (including phenoxy) is 1. The summed E-state index contributed by atoms with van der Waals surface area (Å²) in [6.07, 6.45) is -9.28. The van der Waals surface area contributed by atoms with E-state index in [1.807, 2.05) is 4.98 Å². The second-order valence-corrected chi connectivity index (χ2v) is 4.16. The maximum absolute atomic E-state index is 12.5. The van der Waals surface area contributed by atoms with Crippen molar-refractivity contribution in [2.75, 3.05) is 6.61 Å². The number of aromatic nitrogens is 1. The number of alkyl halides is 6. The molecule has 0 saturated heterocycles. The zero-order valence-electron chi connectivity index (χ0n) is 10.1. The molecule has 0 saturated carbocycles. The molecular weight excluding hydrogens is 304 g/mol. The first-order chi connectivity index (χ1) is 9.56. The first-order valence-electron chi connectivity index (χ1n) is 5.50. The Morgan fingerprint density at radius 2 is 1.71 bits per heavy atom. The van der Waals surface area contributed by atoms with Crippen molar-refractivity contribution in [3.8, 4) is 5.75 Å². The topological polar surface area (TPSA) is 42.1 Å². The van der Waals surface area contributed by atoms with Gasteiger partial charge in [-0.15, -0.1) is 0 Å². The van der Waals surface area contributed by atoms with E-state index in [2.05, 4.69) is 4.74 Å². The molecule has 0 aliphatic heterocycles. The minimum Gasteiger partial charge on any atom is -0.484 e. The average Bonchev–Trinajstić information content (AvgIpc) is 2.34. The van der Waals surface area contributed by atoms with Crippen molar-refractivity contribution in [3.05, 3.63) is 40.2 Å². The van der Waals surface area contributed by atoms with E-state index in [1.54, 1.807) is 0 Å². The van der Waals surface area contributed by atoms with Gasteiger partial charge in [-0.25, -0.2) is 0 Å². The third-order valence-electron chi connectivity index (χ3n) is 2.51. The summed E-state index contributed by atoms with van der Waals surface area (Å²) in [7, 11) is 0. The normalized spacial score (nSPS) is 12.7. The summed E-state index contributed by atoms with van der Waals surface area (Å²) in [5.41, 5.74) is -2.34. The van der Waals surface area contributed by atoms with Crippen LogP contribution in [0.4, 0.5) is 26.3 Å². The first-order valence-corrected chi connectivity index (χ1v) is 5.50. The molecule has 114 valence electrons. The van der Waals surface area contributed by atoms with Gasteiger partial charge in [-0.3, -0.25) is 4.79 Å². The van der Waals surface area contributed by atoms with Crippen molar-refractivity contribution in [2.24, 2.45) is 0 Å². The molecule has 2 aromatic rings. The van der Waals surface area contributed by atoms with Crippen LogP contribution < -0.4 is 10.2 Å². The van der Waals surface area contributed by atoms with E-state index in [0.717, 1.165) is 18.2 Å². The summed E-state index contributed by atoms with van der Waals surface area (Å²) in [6, 6.07) is 3.40. The van der Waals surface area contributed by atoms with Gasteiger partial charge in [-0.1, -0.05) is 0 Å². The minimum absolute atomic E-state index is 0.144. The standard InChI is InChI=1S/C12H7F6NO2/c13-11(14,15)5-21-6-1-2-8-7(3-6)9(20)4-10(19-8)12(16,17)18/h1-4H,5H2,(H,19,20). The summed E-state index contributed by atoms with van der Waals surface area (Å²) in [6.45, 7) is -1.56. The van der Waals surface area contributed by atoms with E-state index in [0.29, 0.717) is 6.07 Å². The Kier molecular flexibility index (Phi) is 3.60. The van der Waals surface area contributed by atoms with Crippen LogP contribution >= 0.6 is 0 Å². The average molecular weight is 311 g/mol. The van der Waals surface area contributed by atoms with Crippen molar-refractivity contribution >= 4 is 10.9 Å². The third-order valence-corrected chi connectivity index (χ3v) is 2.51. The molecule has 0 amide bonds. The van der Waals surface area contributed by atoms with Crippen LogP contribution in [0.5, 0.6) is 5.75 Å². The quantitative estimate of drug-likeness (QED) is 0.863. The summed E-state index contributed by atoms with van der Waals surface area (Å²) in [5, 5.41) is -0.192. The number of hydrogen-bond donors (Lipinski definition) is 1. The van der Waals surface area contributed by atoms with Crippen molar-refractivity contribution in [3.63, 3.8) is 0 Å². The third kappa shape index (κ3) is 3.67. The van der Waals surface area contributed by atoms with Crippen molar-refractivity contribution < 1.29 is 31.1 Å². The van der Waals surface area contributed by atoms with E-state index in [4.69, 9.17) is 0 Å². The molecular formula is C12H7F6NO2. The molecule has 0 aliphatic carbocycles. The van der Waals surface area contributed by atoms with Crippen LogP contribution in [-0.2, 0) is 6.18 Å². The smallest absolute Gasteiger partial charge is 0.431 e. The molecule has 3 nitrogen and oxygen atoms in total. The Bertz CT molecular complexity index is 716. The van der Waals surface area contributed by atoms with Crippen molar-refractivity contribution in [1.29, 1.82) is 0 Å². The van der Waals surface area contributed by atoms with Gasteiger partial charge in [0.05, 0.1) is 0 Å². The summed E-state index contributed by atoms with van der Waals surface area (Å²) in [4.78, 5) is 13.6.